The monoisotopic (exact) mass is 306 g/mol. The van der Waals surface area contributed by atoms with Crippen molar-refractivity contribution in [3.8, 4) is 0 Å². The van der Waals surface area contributed by atoms with Gasteiger partial charge in [0.05, 0.1) is 11.4 Å². The van der Waals surface area contributed by atoms with Gasteiger partial charge in [0.25, 0.3) is 0 Å². The minimum Gasteiger partial charge on any atom is -0.381 e. The number of halogens is 3. The van der Waals surface area contributed by atoms with Crippen LogP contribution in [0.25, 0.3) is 0 Å². The molecule has 1 aliphatic heterocycles. The van der Waals surface area contributed by atoms with E-state index in [1.54, 1.807) is 0 Å². The lowest BCUT2D eigenvalue weighted by Crippen LogP contribution is -2.43. The standard InChI is InChI=1S/C17H17F3N2/c1-2-12-9-21-14-5-3-4-6-15(14)22(12)10-11-7-8-13(18)17(20)16(11)19/h3-8,12,21H,2,9-10H2,1H3. The fraction of sp³-hybridized carbons (Fsp3) is 0.294. The zero-order chi connectivity index (χ0) is 15.7. The Hall–Kier alpha value is -2.17. The Balaban J connectivity index is 1.98. The summed E-state index contributed by atoms with van der Waals surface area (Å²) in [7, 11) is 0. The minimum absolute atomic E-state index is 0.161. The third kappa shape index (κ3) is 2.51. The van der Waals surface area contributed by atoms with E-state index in [0.29, 0.717) is 0 Å². The quantitative estimate of drug-likeness (QED) is 0.850. The normalized spacial score (nSPS) is 17.1. The zero-order valence-corrected chi connectivity index (χ0v) is 12.2. The van der Waals surface area contributed by atoms with Gasteiger partial charge in [-0.2, -0.15) is 0 Å². The molecular weight excluding hydrogens is 289 g/mol. The first-order chi connectivity index (χ1) is 10.6. The average Bonchev–Trinajstić information content (AvgIpc) is 2.55. The first-order valence-corrected chi connectivity index (χ1v) is 7.33. The molecule has 2 aromatic rings. The highest BCUT2D eigenvalue weighted by Crippen LogP contribution is 2.33. The van der Waals surface area contributed by atoms with E-state index >= 15 is 0 Å². The predicted molar refractivity (Wildman–Crippen MR) is 81.5 cm³/mol. The minimum atomic E-state index is -1.41. The Labute approximate surface area is 127 Å². The van der Waals surface area contributed by atoms with E-state index < -0.39 is 17.5 Å². The van der Waals surface area contributed by atoms with Crippen molar-refractivity contribution < 1.29 is 13.2 Å². The molecule has 2 nitrogen and oxygen atoms in total. The maximum atomic E-state index is 14.0. The van der Waals surface area contributed by atoms with Gasteiger partial charge in [0, 0.05) is 24.7 Å². The van der Waals surface area contributed by atoms with Gasteiger partial charge in [-0.05, 0) is 24.6 Å². The smallest absolute Gasteiger partial charge is 0.194 e. The molecule has 3 rings (SSSR count). The Morgan fingerprint density at radius 3 is 2.64 bits per heavy atom. The highest BCUT2D eigenvalue weighted by molar-refractivity contribution is 5.72. The lowest BCUT2D eigenvalue weighted by Gasteiger charge is -2.39. The SMILES string of the molecule is CCC1CNc2ccccc2N1Cc1ccc(F)c(F)c1F. The molecule has 22 heavy (non-hydrogen) atoms. The molecule has 0 bridgehead atoms. The third-order valence-electron chi connectivity index (χ3n) is 4.11. The number of fused-ring (bicyclic) bond motifs is 1. The second-order valence-corrected chi connectivity index (χ2v) is 5.42. The van der Waals surface area contributed by atoms with Gasteiger partial charge in [-0.25, -0.2) is 13.2 Å². The first-order valence-electron chi connectivity index (χ1n) is 7.33. The second kappa shape index (κ2) is 5.91. The van der Waals surface area contributed by atoms with E-state index in [4.69, 9.17) is 0 Å². The van der Waals surface area contributed by atoms with Gasteiger partial charge in [0.1, 0.15) is 0 Å². The van der Waals surface area contributed by atoms with Crippen LogP contribution in [0.15, 0.2) is 36.4 Å². The molecule has 0 amide bonds. The van der Waals surface area contributed by atoms with Gasteiger partial charge in [-0.1, -0.05) is 25.1 Å². The molecule has 1 heterocycles. The molecule has 0 saturated heterocycles. The number of rotatable bonds is 3. The van der Waals surface area contributed by atoms with Crippen LogP contribution in [0.3, 0.4) is 0 Å². The van der Waals surface area contributed by atoms with E-state index in [2.05, 4.69) is 12.2 Å². The molecule has 1 atom stereocenters. The summed E-state index contributed by atoms with van der Waals surface area (Å²) in [6.45, 7) is 2.99. The highest BCUT2D eigenvalue weighted by Gasteiger charge is 2.26. The molecule has 0 aromatic heterocycles. The number of hydrogen-bond acceptors (Lipinski definition) is 2. The van der Waals surface area contributed by atoms with Crippen molar-refractivity contribution in [1.29, 1.82) is 0 Å². The molecular formula is C17H17F3N2. The van der Waals surface area contributed by atoms with Crippen molar-refractivity contribution in [3.63, 3.8) is 0 Å². The van der Waals surface area contributed by atoms with E-state index in [-0.39, 0.29) is 18.2 Å². The highest BCUT2D eigenvalue weighted by atomic mass is 19.2. The summed E-state index contributed by atoms with van der Waals surface area (Å²) < 4.78 is 40.5. The molecule has 2 aromatic carbocycles. The largest absolute Gasteiger partial charge is 0.381 e. The zero-order valence-electron chi connectivity index (χ0n) is 12.2. The number of benzene rings is 2. The summed E-state index contributed by atoms with van der Waals surface area (Å²) >= 11 is 0. The van der Waals surface area contributed by atoms with Gasteiger partial charge in [-0.3, -0.25) is 0 Å². The van der Waals surface area contributed by atoms with Crippen LogP contribution >= 0.6 is 0 Å². The summed E-state index contributed by atoms with van der Waals surface area (Å²) in [6.07, 6.45) is 0.868. The lowest BCUT2D eigenvalue weighted by atomic mass is 10.0. The number of hydrogen-bond donors (Lipinski definition) is 1. The summed E-state index contributed by atoms with van der Waals surface area (Å²) in [6, 6.07) is 10.2. The number of nitrogens with zero attached hydrogens (tertiary/aromatic N) is 1. The first kappa shape index (κ1) is 14.8. The molecule has 0 aliphatic carbocycles. The third-order valence-corrected chi connectivity index (χ3v) is 4.11. The average molecular weight is 306 g/mol. The van der Waals surface area contributed by atoms with Gasteiger partial charge in [-0.15, -0.1) is 0 Å². The molecule has 1 N–H and O–H groups in total. The van der Waals surface area contributed by atoms with E-state index in [1.165, 1.54) is 6.07 Å². The fourth-order valence-corrected chi connectivity index (χ4v) is 2.86. The van der Waals surface area contributed by atoms with Crippen LogP contribution < -0.4 is 10.2 Å². The Morgan fingerprint density at radius 2 is 1.86 bits per heavy atom. The van der Waals surface area contributed by atoms with Crippen LogP contribution in [0.2, 0.25) is 0 Å². The molecule has 1 aliphatic rings. The van der Waals surface area contributed by atoms with Crippen molar-refractivity contribution in [1.82, 2.24) is 0 Å². The van der Waals surface area contributed by atoms with E-state index in [0.717, 1.165) is 30.4 Å². The Morgan fingerprint density at radius 1 is 1.09 bits per heavy atom. The number of anilines is 2. The van der Waals surface area contributed by atoms with Crippen LogP contribution in [-0.2, 0) is 6.54 Å². The maximum Gasteiger partial charge on any atom is 0.194 e. The van der Waals surface area contributed by atoms with Crippen LogP contribution in [0, 0.1) is 17.5 Å². The van der Waals surface area contributed by atoms with Gasteiger partial charge >= 0.3 is 0 Å². The van der Waals surface area contributed by atoms with Crippen LogP contribution in [0.4, 0.5) is 24.5 Å². The Bertz CT molecular complexity index is 688. The van der Waals surface area contributed by atoms with Crippen molar-refractivity contribution in [3.05, 3.63) is 59.4 Å². The number of para-hydroxylation sites is 2. The summed E-state index contributed by atoms with van der Waals surface area (Å²) in [5, 5.41) is 3.35. The molecule has 0 saturated carbocycles. The molecule has 5 heteroatoms. The maximum absolute atomic E-state index is 14.0. The second-order valence-electron chi connectivity index (χ2n) is 5.42. The van der Waals surface area contributed by atoms with Gasteiger partial charge in [0.15, 0.2) is 17.5 Å². The van der Waals surface area contributed by atoms with Crippen molar-refractivity contribution in [2.45, 2.75) is 25.9 Å². The van der Waals surface area contributed by atoms with Gasteiger partial charge < -0.3 is 10.2 Å². The van der Waals surface area contributed by atoms with Crippen LogP contribution in [0.1, 0.15) is 18.9 Å². The van der Waals surface area contributed by atoms with Crippen molar-refractivity contribution >= 4 is 11.4 Å². The molecule has 0 spiro atoms. The van der Waals surface area contributed by atoms with E-state index in [1.807, 2.05) is 29.2 Å². The summed E-state index contributed by atoms with van der Waals surface area (Å²) in [5.74, 6) is -3.67. The molecule has 0 radical (unpaired) electrons. The Kier molecular flexibility index (Phi) is 3.96. The van der Waals surface area contributed by atoms with Crippen molar-refractivity contribution in [2.75, 3.05) is 16.8 Å². The summed E-state index contributed by atoms with van der Waals surface area (Å²) in [5.41, 5.74) is 2.08. The molecule has 0 fully saturated rings. The lowest BCUT2D eigenvalue weighted by molar-refractivity contribution is 0.438. The van der Waals surface area contributed by atoms with Gasteiger partial charge in [0.2, 0.25) is 0 Å². The molecule has 1 unspecified atom stereocenters. The number of nitrogens with one attached hydrogen (secondary N) is 1. The molecule has 116 valence electrons. The van der Waals surface area contributed by atoms with E-state index in [9.17, 15) is 13.2 Å². The summed E-state index contributed by atoms with van der Waals surface area (Å²) in [4.78, 5) is 2.04. The fourth-order valence-electron chi connectivity index (χ4n) is 2.86. The predicted octanol–water partition coefficient (Wildman–Crippen LogP) is 4.31. The van der Waals surface area contributed by atoms with Crippen LogP contribution in [0.5, 0.6) is 0 Å². The topological polar surface area (TPSA) is 15.3 Å². The van der Waals surface area contributed by atoms with Crippen molar-refractivity contribution in [2.24, 2.45) is 0 Å². The van der Waals surface area contributed by atoms with Crippen LogP contribution in [-0.4, -0.2) is 12.6 Å².